The summed E-state index contributed by atoms with van der Waals surface area (Å²) in [7, 11) is 1.53. The zero-order valence-corrected chi connectivity index (χ0v) is 12.9. The molecular formula is C17H12ClFN2O2. The van der Waals surface area contributed by atoms with Crippen molar-refractivity contribution < 1.29 is 13.9 Å². The molecule has 0 aromatic heterocycles. The minimum atomic E-state index is -0.395. The third-order valence-corrected chi connectivity index (χ3v) is 3.51. The van der Waals surface area contributed by atoms with Crippen molar-refractivity contribution in [1.82, 2.24) is 5.32 Å². The summed E-state index contributed by atoms with van der Waals surface area (Å²) in [5.41, 5.74) is 1.33. The van der Waals surface area contributed by atoms with Crippen LogP contribution in [0.15, 0.2) is 53.2 Å². The molecular weight excluding hydrogens is 319 g/mol. The highest BCUT2D eigenvalue weighted by Gasteiger charge is 2.21. The van der Waals surface area contributed by atoms with Gasteiger partial charge in [0.2, 0.25) is 0 Å². The van der Waals surface area contributed by atoms with Crippen LogP contribution in [-0.2, 0) is 4.79 Å². The maximum atomic E-state index is 13.3. The number of benzene rings is 2. The van der Waals surface area contributed by atoms with E-state index in [0.717, 1.165) is 0 Å². The summed E-state index contributed by atoms with van der Waals surface area (Å²) in [6, 6.07) is 10.9. The third-order valence-electron chi connectivity index (χ3n) is 3.28. The van der Waals surface area contributed by atoms with Crippen molar-refractivity contribution in [2.75, 3.05) is 7.11 Å². The largest absolute Gasteiger partial charge is 0.496 e. The summed E-state index contributed by atoms with van der Waals surface area (Å²) in [6.07, 6.45) is 1.58. The molecule has 1 aliphatic heterocycles. The fourth-order valence-corrected chi connectivity index (χ4v) is 2.39. The Hall–Kier alpha value is -2.66. The van der Waals surface area contributed by atoms with Gasteiger partial charge < -0.3 is 10.1 Å². The third kappa shape index (κ3) is 3.24. The van der Waals surface area contributed by atoms with Crippen molar-refractivity contribution in [2.45, 2.75) is 0 Å². The number of halogens is 2. The molecule has 1 amide bonds. The number of methoxy groups -OCH3 is 1. The van der Waals surface area contributed by atoms with Crippen molar-refractivity contribution in [3.05, 3.63) is 70.1 Å². The lowest BCUT2D eigenvalue weighted by Crippen LogP contribution is -2.24. The van der Waals surface area contributed by atoms with Gasteiger partial charge in [-0.3, -0.25) is 4.79 Å². The zero-order valence-electron chi connectivity index (χ0n) is 12.1. The molecule has 3 rings (SSSR count). The van der Waals surface area contributed by atoms with Gasteiger partial charge in [-0.1, -0.05) is 23.7 Å². The number of ether oxygens (including phenoxy) is 1. The highest BCUT2D eigenvalue weighted by atomic mass is 35.5. The fraction of sp³-hybridized carbons (Fsp3) is 0.0588. The van der Waals surface area contributed by atoms with E-state index < -0.39 is 5.82 Å². The number of rotatable bonds is 3. The zero-order chi connectivity index (χ0) is 16.4. The van der Waals surface area contributed by atoms with E-state index in [4.69, 9.17) is 16.3 Å². The highest BCUT2D eigenvalue weighted by Crippen LogP contribution is 2.26. The van der Waals surface area contributed by atoms with Crippen LogP contribution in [0.1, 0.15) is 11.1 Å². The molecule has 0 atom stereocenters. The number of hydrogen-bond acceptors (Lipinski definition) is 3. The minimum Gasteiger partial charge on any atom is -0.496 e. The standard InChI is InChI=1S/C17H12ClFN2O2/c1-23-15-6-5-12(18)7-11(15)9-14-17(22)21-16(20-14)10-3-2-4-13(19)8-10/h2-9H,1H3,(H,20,21,22)/b14-9+. The first-order valence-corrected chi connectivity index (χ1v) is 7.16. The second-order valence-electron chi connectivity index (χ2n) is 4.84. The Morgan fingerprint density at radius 2 is 2.09 bits per heavy atom. The number of amidine groups is 1. The molecule has 2 aromatic rings. The van der Waals surface area contributed by atoms with E-state index in [2.05, 4.69) is 10.3 Å². The Balaban J connectivity index is 2.00. The molecule has 1 heterocycles. The predicted molar refractivity (Wildman–Crippen MR) is 87.1 cm³/mol. The van der Waals surface area contributed by atoms with Crippen LogP contribution in [0.4, 0.5) is 4.39 Å². The summed E-state index contributed by atoms with van der Waals surface area (Å²) >= 11 is 5.97. The first-order valence-electron chi connectivity index (χ1n) is 6.78. The van der Waals surface area contributed by atoms with E-state index in [1.165, 1.54) is 19.2 Å². The second kappa shape index (κ2) is 6.22. The van der Waals surface area contributed by atoms with Gasteiger partial charge in [0, 0.05) is 16.1 Å². The topological polar surface area (TPSA) is 50.7 Å². The van der Waals surface area contributed by atoms with Crippen molar-refractivity contribution in [2.24, 2.45) is 4.99 Å². The number of carbonyl (C=O) groups excluding carboxylic acids is 1. The van der Waals surface area contributed by atoms with Crippen LogP contribution in [0, 0.1) is 5.82 Å². The van der Waals surface area contributed by atoms with E-state index in [0.29, 0.717) is 27.7 Å². The van der Waals surface area contributed by atoms with E-state index >= 15 is 0 Å². The lowest BCUT2D eigenvalue weighted by molar-refractivity contribution is -0.115. The van der Waals surface area contributed by atoms with E-state index in [9.17, 15) is 9.18 Å². The van der Waals surface area contributed by atoms with Gasteiger partial charge >= 0.3 is 0 Å². The van der Waals surface area contributed by atoms with Crippen LogP contribution < -0.4 is 10.1 Å². The predicted octanol–water partition coefficient (Wildman–Crippen LogP) is 3.41. The van der Waals surface area contributed by atoms with Crippen LogP contribution in [0.2, 0.25) is 5.02 Å². The molecule has 1 aliphatic rings. The van der Waals surface area contributed by atoms with E-state index in [1.807, 2.05) is 0 Å². The van der Waals surface area contributed by atoms with Gasteiger partial charge in [0.1, 0.15) is 23.1 Å². The monoisotopic (exact) mass is 330 g/mol. The maximum absolute atomic E-state index is 13.3. The van der Waals surface area contributed by atoms with E-state index in [-0.39, 0.29) is 11.6 Å². The Kier molecular flexibility index (Phi) is 4.12. The first kappa shape index (κ1) is 15.2. The number of hydrogen-bond donors (Lipinski definition) is 1. The van der Waals surface area contributed by atoms with E-state index in [1.54, 1.807) is 36.4 Å². The lowest BCUT2D eigenvalue weighted by atomic mass is 10.1. The molecule has 0 aliphatic carbocycles. The summed E-state index contributed by atoms with van der Waals surface area (Å²) in [6.45, 7) is 0. The Morgan fingerprint density at radius 1 is 1.26 bits per heavy atom. The molecule has 1 N–H and O–H groups in total. The van der Waals surface area contributed by atoms with Gasteiger partial charge in [-0.15, -0.1) is 0 Å². The van der Waals surface area contributed by atoms with Crippen LogP contribution in [-0.4, -0.2) is 18.9 Å². The molecule has 0 radical (unpaired) electrons. The molecule has 0 bridgehead atoms. The highest BCUT2D eigenvalue weighted by molar-refractivity contribution is 6.30. The SMILES string of the molecule is COc1ccc(Cl)cc1/C=C1/N=C(c2cccc(F)c2)NC1=O. The molecule has 0 saturated carbocycles. The van der Waals surface area contributed by atoms with Crippen molar-refractivity contribution in [3.8, 4) is 5.75 Å². The van der Waals surface area contributed by atoms with Gasteiger partial charge in [0.25, 0.3) is 5.91 Å². The average Bonchev–Trinajstić information content (AvgIpc) is 2.89. The van der Waals surface area contributed by atoms with Gasteiger partial charge in [0.15, 0.2) is 0 Å². The number of amides is 1. The Bertz CT molecular complexity index is 846. The molecule has 0 fully saturated rings. The molecule has 4 nitrogen and oxygen atoms in total. The quantitative estimate of drug-likeness (QED) is 0.877. The fourth-order valence-electron chi connectivity index (χ4n) is 2.21. The van der Waals surface area contributed by atoms with Gasteiger partial charge in [-0.2, -0.15) is 0 Å². The molecule has 2 aromatic carbocycles. The smallest absolute Gasteiger partial charge is 0.275 e. The van der Waals surface area contributed by atoms with Crippen molar-refractivity contribution >= 4 is 29.4 Å². The Labute approximate surface area is 137 Å². The van der Waals surface area contributed by atoms with Crippen LogP contribution in [0.25, 0.3) is 6.08 Å². The number of carbonyl (C=O) groups is 1. The lowest BCUT2D eigenvalue weighted by Gasteiger charge is -2.05. The molecule has 0 unspecified atom stereocenters. The Morgan fingerprint density at radius 3 is 2.83 bits per heavy atom. The molecule has 116 valence electrons. The molecule has 0 spiro atoms. The van der Waals surface area contributed by atoms with Gasteiger partial charge in [0.05, 0.1) is 7.11 Å². The number of aliphatic imine (C=N–C) groups is 1. The maximum Gasteiger partial charge on any atom is 0.275 e. The summed E-state index contributed by atoms with van der Waals surface area (Å²) in [5, 5.41) is 3.14. The average molecular weight is 331 g/mol. The van der Waals surface area contributed by atoms with Crippen molar-refractivity contribution in [3.63, 3.8) is 0 Å². The van der Waals surface area contributed by atoms with Crippen LogP contribution in [0.5, 0.6) is 5.75 Å². The molecule has 23 heavy (non-hydrogen) atoms. The summed E-state index contributed by atoms with van der Waals surface area (Å²) < 4.78 is 18.5. The summed E-state index contributed by atoms with van der Waals surface area (Å²) in [4.78, 5) is 16.3. The van der Waals surface area contributed by atoms with Crippen molar-refractivity contribution in [1.29, 1.82) is 0 Å². The normalized spacial score (nSPS) is 15.5. The second-order valence-corrected chi connectivity index (χ2v) is 5.28. The molecule has 6 heteroatoms. The number of nitrogens with zero attached hydrogens (tertiary/aromatic N) is 1. The first-order chi connectivity index (χ1) is 11.1. The van der Waals surface area contributed by atoms with Gasteiger partial charge in [-0.05, 0) is 36.4 Å². The van der Waals surface area contributed by atoms with Crippen LogP contribution in [0.3, 0.4) is 0 Å². The summed E-state index contributed by atoms with van der Waals surface area (Å²) in [5.74, 6) is 0.116. The molecule has 0 saturated heterocycles. The van der Waals surface area contributed by atoms with Gasteiger partial charge in [-0.25, -0.2) is 9.38 Å². The number of nitrogens with one attached hydrogen (secondary N) is 1. The van der Waals surface area contributed by atoms with Crippen LogP contribution >= 0.6 is 11.6 Å². The minimum absolute atomic E-state index is 0.199.